The van der Waals surface area contributed by atoms with E-state index in [2.05, 4.69) is 10.00 Å². The Labute approximate surface area is 170 Å². The van der Waals surface area contributed by atoms with Gasteiger partial charge in [0.05, 0.1) is 11.6 Å². The zero-order valence-electron chi connectivity index (χ0n) is 17.4. The molecule has 1 atom stereocenters. The lowest BCUT2D eigenvalue weighted by molar-refractivity contribution is 0.0158. The molecule has 1 aromatic carbocycles. The molecule has 1 aliphatic carbocycles. The Morgan fingerprint density at radius 2 is 1.93 bits per heavy atom. The molecule has 0 radical (unpaired) electrons. The SMILES string of the molecule is Cn1cc2c(N3CCC(N(C(=O)OC(C)(C)C)C4CC4)C3)ccc(C(=O)O)c2n1. The summed E-state index contributed by atoms with van der Waals surface area (Å²) in [4.78, 5) is 28.5. The molecule has 29 heavy (non-hydrogen) atoms. The predicted octanol–water partition coefficient (Wildman–Crippen LogP) is 3.25. The van der Waals surface area contributed by atoms with Gasteiger partial charge in [0.25, 0.3) is 0 Å². The first kappa shape index (κ1) is 19.5. The number of aromatic nitrogens is 2. The van der Waals surface area contributed by atoms with Gasteiger partial charge in [-0.2, -0.15) is 5.10 Å². The third-order valence-corrected chi connectivity index (χ3v) is 5.44. The number of anilines is 1. The van der Waals surface area contributed by atoms with Crippen molar-refractivity contribution < 1.29 is 19.4 Å². The second kappa shape index (κ2) is 6.93. The first-order chi connectivity index (χ1) is 13.6. The molecule has 1 saturated heterocycles. The average molecular weight is 400 g/mol. The Morgan fingerprint density at radius 1 is 1.21 bits per heavy atom. The number of carboxylic acids is 1. The number of aryl methyl sites for hydroxylation is 1. The molecule has 1 amide bonds. The van der Waals surface area contributed by atoms with Crippen LogP contribution in [-0.4, -0.2) is 62.6 Å². The largest absolute Gasteiger partial charge is 0.478 e. The fraction of sp³-hybridized carbons (Fsp3) is 0.571. The molecule has 0 bridgehead atoms. The first-order valence-corrected chi connectivity index (χ1v) is 10.1. The Hall–Kier alpha value is -2.77. The standard InChI is InChI=1S/C21H28N4O4/c1-21(2,3)29-20(28)25(13-5-6-13)14-9-10-24(11-14)17-8-7-15(19(26)27)18-16(17)12-23(4)22-18/h7-8,12-14H,5-6,9-11H2,1-4H3,(H,26,27). The molecule has 0 spiro atoms. The van der Waals surface area contributed by atoms with Crippen LogP contribution in [0.25, 0.3) is 10.9 Å². The van der Waals surface area contributed by atoms with Crippen LogP contribution in [0, 0.1) is 0 Å². The molecule has 1 N–H and O–H groups in total. The number of carbonyl (C=O) groups excluding carboxylic acids is 1. The molecule has 1 aliphatic heterocycles. The van der Waals surface area contributed by atoms with Crippen LogP contribution in [0.5, 0.6) is 0 Å². The number of aromatic carboxylic acids is 1. The number of carbonyl (C=O) groups is 2. The van der Waals surface area contributed by atoms with Gasteiger partial charge in [-0.1, -0.05) is 0 Å². The minimum Gasteiger partial charge on any atom is -0.478 e. The molecule has 2 heterocycles. The number of nitrogens with zero attached hydrogens (tertiary/aromatic N) is 4. The Kier molecular flexibility index (Phi) is 4.67. The minimum absolute atomic E-state index is 0.0863. The van der Waals surface area contributed by atoms with E-state index >= 15 is 0 Å². The van der Waals surface area contributed by atoms with E-state index in [1.165, 1.54) is 0 Å². The van der Waals surface area contributed by atoms with Gasteiger partial charge in [-0.15, -0.1) is 0 Å². The highest BCUT2D eigenvalue weighted by Gasteiger charge is 2.42. The van der Waals surface area contributed by atoms with Crippen LogP contribution in [0.3, 0.4) is 0 Å². The van der Waals surface area contributed by atoms with Gasteiger partial charge in [0, 0.05) is 43.4 Å². The summed E-state index contributed by atoms with van der Waals surface area (Å²) in [6, 6.07) is 3.82. The van der Waals surface area contributed by atoms with Gasteiger partial charge in [0.2, 0.25) is 0 Å². The number of amides is 1. The van der Waals surface area contributed by atoms with E-state index < -0.39 is 11.6 Å². The molecule has 8 nitrogen and oxygen atoms in total. The monoisotopic (exact) mass is 400 g/mol. The van der Waals surface area contributed by atoms with E-state index in [-0.39, 0.29) is 23.7 Å². The molecule has 1 saturated carbocycles. The maximum Gasteiger partial charge on any atom is 0.410 e. The Bertz CT molecular complexity index is 957. The average Bonchev–Trinajstić information content (AvgIpc) is 3.16. The van der Waals surface area contributed by atoms with Crippen molar-refractivity contribution in [3.8, 4) is 0 Å². The molecule has 2 fully saturated rings. The van der Waals surface area contributed by atoms with E-state index in [4.69, 9.17) is 4.74 Å². The quantitative estimate of drug-likeness (QED) is 0.848. The van der Waals surface area contributed by atoms with Gasteiger partial charge < -0.3 is 19.6 Å². The molecule has 1 aromatic heterocycles. The topological polar surface area (TPSA) is 87.9 Å². The van der Waals surface area contributed by atoms with Crippen LogP contribution in [0.1, 0.15) is 50.4 Å². The summed E-state index contributed by atoms with van der Waals surface area (Å²) in [5.74, 6) is -0.982. The predicted molar refractivity (Wildman–Crippen MR) is 109 cm³/mol. The van der Waals surface area contributed by atoms with Crippen LogP contribution < -0.4 is 4.90 Å². The zero-order chi connectivity index (χ0) is 20.9. The smallest absolute Gasteiger partial charge is 0.410 e. The Morgan fingerprint density at radius 3 is 2.55 bits per heavy atom. The fourth-order valence-corrected chi connectivity index (χ4v) is 4.11. The van der Waals surface area contributed by atoms with Gasteiger partial charge in [0.15, 0.2) is 0 Å². The van der Waals surface area contributed by atoms with Crippen LogP contribution in [0.4, 0.5) is 10.5 Å². The van der Waals surface area contributed by atoms with Crippen molar-refractivity contribution in [2.24, 2.45) is 7.05 Å². The highest BCUT2D eigenvalue weighted by Crippen LogP contribution is 2.36. The molecule has 156 valence electrons. The van der Waals surface area contributed by atoms with E-state index in [9.17, 15) is 14.7 Å². The minimum atomic E-state index is -0.982. The summed E-state index contributed by atoms with van der Waals surface area (Å²) in [5, 5.41) is 14.6. The van der Waals surface area contributed by atoms with Crippen molar-refractivity contribution in [2.45, 2.75) is 57.7 Å². The van der Waals surface area contributed by atoms with Crippen LogP contribution in [0.2, 0.25) is 0 Å². The molecule has 2 aliphatic rings. The van der Waals surface area contributed by atoms with Gasteiger partial charge in [-0.3, -0.25) is 4.68 Å². The molecule has 2 aromatic rings. The summed E-state index contributed by atoms with van der Waals surface area (Å²) in [6.45, 7) is 7.17. The van der Waals surface area contributed by atoms with Gasteiger partial charge in [-0.25, -0.2) is 9.59 Å². The summed E-state index contributed by atoms with van der Waals surface area (Å²) < 4.78 is 7.30. The highest BCUT2D eigenvalue weighted by molar-refractivity contribution is 6.06. The van der Waals surface area contributed by atoms with Crippen LogP contribution >= 0.6 is 0 Å². The van der Waals surface area contributed by atoms with Crippen LogP contribution in [0.15, 0.2) is 18.3 Å². The molecule has 4 rings (SSSR count). The molecule has 8 heteroatoms. The number of rotatable bonds is 4. The van der Waals surface area contributed by atoms with E-state index in [0.29, 0.717) is 12.1 Å². The van der Waals surface area contributed by atoms with Crippen molar-refractivity contribution >= 4 is 28.7 Å². The van der Waals surface area contributed by atoms with Crippen molar-refractivity contribution in [1.82, 2.24) is 14.7 Å². The summed E-state index contributed by atoms with van der Waals surface area (Å²) >= 11 is 0. The van der Waals surface area contributed by atoms with Gasteiger partial charge in [0.1, 0.15) is 11.1 Å². The second-order valence-corrected chi connectivity index (χ2v) is 9.01. The van der Waals surface area contributed by atoms with Crippen LogP contribution in [-0.2, 0) is 11.8 Å². The maximum absolute atomic E-state index is 12.8. The number of benzene rings is 1. The normalized spacial score (nSPS) is 19.6. The van der Waals surface area contributed by atoms with Crippen molar-refractivity contribution in [2.75, 3.05) is 18.0 Å². The third kappa shape index (κ3) is 3.88. The van der Waals surface area contributed by atoms with Crippen molar-refractivity contribution in [3.05, 3.63) is 23.9 Å². The second-order valence-electron chi connectivity index (χ2n) is 9.01. The first-order valence-electron chi connectivity index (χ1n) is 10.1. The maximum atomic E-state index is 12.8. The summed E-state index contributed by atoms with van der Waals surface area (Å²) in [5.41, 5.74) is 1.14. The van der Waals surface area contributed by atoms with Crippen molar-refractivity contribution in [3.63, 3.8) is 0 Å². The number of carboxylic acid groups (broad SMARTS) is 1. The number of hydrogen-bond donors (Lipinski definition) is 1. The zero-order valence-corrected chi connectivity index (χ0v) is 17.4. The lowest BCUT2D eigenvalue weighted by Crippen LogP contribution is -2.46. The van der Waals surface area contributed by atoms with Gasteiger partial charge >= 0.3 is 12.1 Å². The lowest BCUT2D eigenvalue weighted by Gasteiger charge is -2.32. The van der Waals surface area contributed by atoms with Crippen molar-refractivity contribution in [1.29, 1.82) is 0 Å². The lowest BCUT2D eigenvalue weighted by atomic mass is 10.1. The van der Waals surface area contributed by atoms with E-state index in [1.807, 2.05) is 37.9 Å². The number of ether oxygens (including phenoxy) is 1. The number of fused-ring (bicyclic) bond motifs is 1. The van der Waals surface area contributed by atoms with E-state index in [0.717, 1.165) is 36.9 Å². The molecule has 1 unspecified atom stereocenters. The number of hydrogen-bond acceptors (Lipinski definition) is 5. The fourth-order valence-electron chi connectivity index (χ4n) is 4.11. The molecular weight excluding hydrogens is 372 g/mol. The van der Waals surface area contributed by atoms with E-state index in [1.54, 1.807) is 17.8 Å². The Balaban J connectivity index is 1.59. The highest BCUT2D eigenvalue weighted by atomic mass is 16.6. The summed E-state index contributed by atoms with van der Waals surface area (Å²) in [6.07, 6.45) is 4.53. The molecular formula is C21H28N4O4. The van der Waals surface area contributed by atoms with Gasteiger partial charge in [-0.05, 0) is 52.2 Å². The summed E-state index contributed by atoms with van der Waals surface area (Å²) in [7, 11) is 1.79. The third-order valence-electron chi connectivity index (χ3n) is 5.44.